The van der Waals surface area contributed by atoms with Crippen LogP contribution >= 0.6 is 0 Å². The van der Waals surface area contributed by atoms with Gasteiger partial charge in [0, 0.05) is 0 Å². The second-order valence-corrected chi connectivity index (χ2v) is 2.55. The zero-order valence-corrected chi connectivity index (χ0v) is 6.59. The molecule has 1 aromatic rings. The van der Waals surface area contributed by atoms with E-state index in [-0.39, 0.29) is 19.8 Å². The van der Waals surface area contributed by atoms with E-state index in [2.05, 4.69) is 0 Å². The molecule has 64 valence electrons. The molecule has 0 bridgehead atoms. The van der Waals surface area contributed by atoms with Crippen molar-refractivity contribution < 1.29 is 9.90 Å². The van der Waals surface area contributed by atoms with Crippen LogP contribution in [0.2, 0.25) is 0 Å². The van der Waals surface area contributed by atoms with Crippen LogP contribution in [0, 0.1) is 13.8 Å². The van der Waals surface area contributed by atoms with Crippen LogP contribution < -0.4 is 0 Å². The third-order valence-corrected chi connectivity index (χ3v) is 1.84. The molecular formula is C9H13GaO2. The van der Waals surface area contributed by atoms with Crippen molar-refractivity contribution in [3.63, 3.8) is 0 Å². The first kappa shape index (κ1) is 11.3. The topological polar surface area (TPSA) is 37.3 Å². The number of carboxylic acid groups (broad SMARTS) is 1. The van der Waals surface area contributed by atoms with E-state index in [1.807, 2.05) is 19.9 Å². The van der Waals surface area contributed by atoms with Crippen LogP contribution in [0.15, 0.2) is 18.2 Å². The van der Waals surface area contributed by atoms with Gasteiger partial charge < -0.3 is 5.11 Å². The fourth-order valence-electron chi connectivity index (χ4n) is 0.983. The molecule has 0 aliphatic carbocycles. The van der Waals surface area contributed by atoms with E-state index in [1.165, 1.54) is 0 Å². The number of hydrogen-bond acceptors (Lipinski definition) is 1. The molecule has 1 rings (SSSR count). The Morgan fingerprint density at radius 3 is 2.33 bits per heavy atom. The van der Waals surface area contributed by atoms with E-state index in [0.717, 1.165) is 11.1 Å². The maximum absolute atomic E-state index is 10.6. The van der Waals surface area contributed by atoms with Crippen molar-refractivity contribution in [1.82, 2.24) is 0 Å². The Morgan fingerprint density at radius 1 is 1.33 bits per heavy atom. The summed E-state index contributed by atoms with van der Waals surface area (Å²) in [6.45, 7) is 3.72. The van der Waals surface area contributed by atoms with E-state index in [0.29, 0.717) is 5.56 Å². The third-order valence-electron chi connectivity index (χ3n) is 1.84. The molecule has 0 aromatic heterocycles. The van der Waals surface area contributed by atoms with Gasteiger partial charge in [-0.05, 0) is 31.0 Å². The molecule has 0 unspecified atom stereocenters. The van der Waals surface area contributed by atoms with Crippen molar-refractivity contribution >= 4 is 25.8 Å². The van der Waals surface area contributed by atoms with Gasteiger partial charge >= 0.3 is 25.8 Å². The minimum atomic E-state index is -0.855. The van der Waals surface area contributed by atoms with Gasteiger partial charge in [0.25, 0.3) is 0 Å². The monoisotopic (exact) mass is 222 g/mol. The van der Waals surface area contributed by atoms with Crippen LogP contribution in [-0.2, 0) is 0 Å². The number of benzene rings is 1. The third kappa shape index (κ3) is 2.15. The summed E-state index contributed by atoms with van der Waals surface area (Å²) in [5.41, 5.74) is 2.26. The van der Waals surface area contributed by atoms with Crippen molar-refractivity contribution in [3.8, 4) is 0 Å². The van der Waals surface area contributed by atoms with E-state index in [1.54, 1.807) is 12.1 Å². The second-order valence-electron chi connectivity index (χ2n) is 2.55. The first-order valence-electron chi connectivity index (χ1n) is 3.42. The Labute approximate surface area is 84.7 Å². The molecule has 0 radical (unpaired) electrons. The Hall–Kier alpha value is -0.674. The van der Waals surface area contributed by atoms with Gasteiger partial charge in [-0.3, -0.25) is 0 Å². The summed E-state index contributed by atoms with van der Waals surface area (Å²) in [6, 6.07) is 5.28. The van der Waals surface area contributed by atoms with Gasteiger partial charge in [-0.2, -0.15) is 0 Å². The summed E-state index contributed by atoms with van der Waals surface area (Å²) in [4.78, 5) is 10.6. The maximum atomic E-state index is 10.6. The standard InChI is InChI=1S/C9H10O2.Ga.3H/c1-6-4-3-5-8(7(6)2)9(10)11;;;;/h3-5H,1-2H3,(H,10,11);;;;. The fraction of sp³-hybridized carbons (Fsp3) is 0.222. The van der Waals surface area contributed by atoms with Crippen LogP contribution in [-0.4, -0.2) is 30.9 Å². The Balaban J connectivity index is 0.00000121. The van der Waals surface area contributed by atoms with Gasteiger partial charge in [0.05, 0.1) is 5.56 Å². The van der Waals surface area contributed by atoms with Crippen LogP contribution in [0.25, 0.3) is 0 Å². The average Bonchev–Trinajstić information content (AvgIpc) is 1.94. The van der Waals surface area contributed by atoms with Gasteiger partial charge in [0.2, 0.25) is 0 Å². The van der Waals surface area contributed by atoms with Gasteiger partial charge in [0.1, 0.15) is 0 Å². The van der Waals surface area contributed by atoms with E-state index in [4.69, 9.17) is 5.11 Å². The Bertz CT molecular complexity index is 295. The number of hydrogen-bond donors (Lipinski definition) is 1. The normalized spacial score (nSPS) is 8.83. The van der Waals surface area contributed by atoms with Crippen molar-refractivity contribution in [1.29, 1.82) is 0 Å². The van der Waals surface area contributed by atoms with Crippen molar-refractivity contribution in [3.05, 3.63) is 34.9 Å². The van der Waals surface area contributed by atoms with Gasteiger partial charge in [-0.15, -0.1) is 0 Å². The van der Waals surface area contributed by atoms with Crippen molar-refractivity contribution in [2.45, 2.75) is 13.8 Å². The first-order chi connectivity index (χ1) is 5.13. The zero-order chi connectivity index (χ0) is 8.43. The molecule has 0 aliphatic rings. The van der Waals surface area contributed by atoms with E-state index >= 15 is 0 Å². The minimum absolute atomic E-state index is 0. The molecule has 0 heterocycles. The number of carbonyl (C=O) groups is 1. The molecule has 0 spiro atoms. The molecule has 3 heteroatoms. The van der Waals surface area contributed by atoms with Crippen molar-refractivity contribution in [2.24, 2.45) is 0 Å². The molecular weight excluding hydrogens is 210 g/mol. The Kier molecular flexibility index (Phi) is 4.13. The molecule has 0 saturated heterocycles. The number of aryl methyl sites for hydroxylation is 1. The molecule has 0 aliphatic heterocycles. The molecule has 0 fully saturated rings. The van der Waals surface area contributed by atoms with Crippen LogP contribution in [0.4, 0.5) is 0 Å². The summed E-state index contributed by atoms with van der Waals surface area (Å²) in [7, 11) is 0. The summed E-state index contributed by atoms with van der Waals surface area (Å²) < 4.78 is 0. The summed E-state index contributed by atoms with van der Waals surface area (Å²) in [5, 5.41) is 8.69. The molecule has 1 N–H and O–H groups in total. The average molecular weight is 223 g/mol. The molecule has 0 saturated carbocycles. The van der Waals surface area contributed by atoms with Gasteiger partial charge in [0.15, 0.2) is 0 Å². The molecule has 0 atom stereocenters. The number of aromatic carboxylic acids is 1. The van der Waals surface area contributed by atoms with E-state index in [9.17, 15) is 4.79 Å². The SMILES string of the molecule is Cc1cccc(C(=O)O)c1C.[GaH3]. The zero-order valence-electron chi connectivity index (χ0n) is 6.59. The first-order valence-corrected chi connectivity index (χ1v) is 3.42. The number of carboxylic acids is 1. The van der Waals surface area contributed by atoms with E-state index < -0.39 is 5.97 Å². The predicted molar refractivity (Wildman–Crippen MR) is 52.8 cm³/mol. The van der Waals surface area contributed by atoms with Crippen molar-refractivity contribution in [2.75, 3.05) is 0 Å². The molecule has 1 aromatic carbocycles. The van der Waals surface area contributed by atoms with Gasteiger partial charge in [-0.1, -0.05) is 12.1 Å². The van der Waals surface area contributed by atoms with Crippen LogP contribution in [0.5, 0.6) is 0 Å². The summed E-state index contributed by atoms with van der Waals surface area (Å²) >= 11 is 0. The second kappa shape index (κ2) is 4.38. The quantitative estimate of drug-likeness (QED) is 0.715. The Morgan fingerprint density at radius 2 is 1.92 bits per heavy atom. The van der Waals surface area contributed by atoms with Crippen LogP contribution in [0.3, 0.4) is 0 Å². The van der Waals surface area contributed by atoms with Gasteiger partial charge in [-0.25, -0.2) is 4.79 Å². The summed E-state index contributed by atoms with van der Waals surface area (Å²) in [5.74, 6) is -0.855. The molecule has 12 heavy (non-hydrogen) atoms. The number of rotatable bonds is 1. The molecule has 2 nitrogen and oxygen atoms in total. The predicted octanol–water partition coefficient (Wildman–Crippen LogP) is 0.818. The molecule has 0 amide bonds. The van der Waals surface area contributed by atoms with Crippen LogP contribution in [0.1, 0.15) is 21.5 Å². The summed E-state index contributed by atoms with van der Waals surface area (Å²) in [6.07, 6.45) is 0. The fourth-order valence-corrected chi connectivity index (χ4v) is 0.983.